The summed E-state index contributed by atoms with van der Waals surface area (Å²) < 4.78 is 41.2. The summed E-state index contributed by atoms with van der Waals surface area (Å²) in [5, 5.41) is 5.67. The van der Waals surface area contributed by atoms with Crippen molar-refractivity contribution in [3.05, 3.63) is 104 Å². The van der Waals surface area contributed by atoms with Gasteiger partial charge in [0.2, 0.25) is 0 Å². The van der Waals surface area contributed by atoms with Gasteiger partial charge in [0, 0.05) is 21.8 Å². The molecule has 182 valence electrons. The Balaban J connectivity index is 1.70. The van der Waals surface area contributed by atoms with Gasteiger partial charge in [0.05, 0.1) is 17.8 Å². The fraction of sp³-hybridized carbons (Fsp3) is 0.120. The van der Waals surface area contributed by atoms with E-state index in [0.29, 0.717) is 38.3 Å². The quantitative estimate of drug-likeness (QED) is 0.274. The molecule has 0 saturated heterocycles. The summed E-state index contributed by atoms with van der Waals surface area (Å²) in [6, 6.07) is 16.3. The third kappa shape index (κ3) is 4.47. The van der Waals surface area contributed by atoms with E-state index in [1.807, 2.05) is 12.1 Å². The van der Waals surface area contributed by atoms with E-state index in [0.717, 1.165) is 23.4 Å². The van der Waals surface area contributed by atoms with Crippen LogP contribution in [0.15, 0.2) is 71.7 Å². The van der Waals surface area contributed by atoms with Crippen molar-refractivity contribution in [2.45, 2.75) is 19.6 Å². The molecule has 3 heterocycles. The minimum atomic E-state index is -4.55. The summed E-state index contributed by atoms with van der Waals surface area (Å²) in [5.41, 5.74) is 1.94. The van der Waals surface area contributed by atoms with Crippen molar-refractivity contribution in [3.63, 3.8) is 0 Å². The topological polar surface area (TPSA) is 65.1 Å². The zero-order chi connectivity index (χ0) is 25.6. The highest BCUT2D eigenvalue weighted by Crippen LogP contribution is 2.35. The third-order valence-electron chi connectivity index (χ3n) is 5.60. The monoisotopic (exact) mass is 529 g/mol. The Morgan fingerprint density at radius 3 is 2.06 bits per heavy atom. The van der Waals surface area contributed by atoms with Crippen LogP contribution in [-0.2, 0) is 12.7 Å². The maximum Gasteiger partial charge on any atom is 0.433 e. The Morgan fingerprint density at radius 1 is 0.889 bits per heavy atom. The molecule has 0 saturated carbocycles. The van der Waals surface area contributed by atoms with Crippen molar-refractivity contribution in [1.82, 2.24) is 24.1 Å². The van der Waals surface area contributed by atoms with Gasteiger partial charge in [-0.2, -0.15) is 13.2 Å². The Morgan fingerprint density at radius 2 is 1.50 bits per heavy atom. The number of hydrogen-bond acceptors (Lipinski definition) is 4. The molecule has 0 unspecified atom stereocenters. The van der Waals surface area contributed by atoms with Crippen LogP contribution in [0, 0.1) is 6.92 Å². The predicted octanol–water partition coefficient (Wildman–Crippen LogP) is 6.30. The third-order valence-corrected chi connectivity index (χ3v) is 6.10. The number of pyridine rings is 1. The van der Waals surface area contributed by atoms with Crippen LogP contribution >= 0.6 is 23.2 Å². The Bertz CT molecular complexity index is 1630. The number of aromatic nitrogens is 5. The summed E-state index contributed by atoms with van der Waals surface area (Å²) in [6.07, 6.45) is -3.46. The molecule has 0 aliphatic heterocycles. The van der Waals surface area contributed by atoms with Crippen molar-refractivity contribution in [2.24, 2.45) is 0 Å². The van der Waals surface area contributed by atoms with E-state index in [1.165, 1.54) is 15.1 Å². The predicted molar refractivity (Wildman–Crippen MR) is 131 cm³/mol. The van der Waals surface area contributed by atoms with E-state index >= 15 is 0 Å². The van der Waals surface area contributed by atoms with Crippen LogP contribution in [-0.4, -0.2) is 24.1 Å². The lowest BCUT2D eigenvalue weighted by Crippen LogP contribution is -2.23. The number of halogens is 5. The average molecular weight is 530 g/mol. The number of aryl methyl sites for hydroxylation is 1. The van der Waals surface area contributed by atoms with Crippen molar-refractivity contribution in [2.75, 3.05) is 0 Å². The van der Waals surface area contributed by atoms with Gasteiger partial charge < -0.3 is 0 Å². The van der Waals surface area contributed by atoms with Gasteiger partial charge >= 0.3 is 11.9 Å². The molecule has 11 heteroatoms. The van der Waals surface area contributed by atoms with Gasteiger partial charge in [0.1, 0.15) is 11.5 Å². The van der Waals surface area contributed by atoms with Gasteiger partial charge in [-0.15, -0.1) is 5.10 Å². The molecule has 2 aromatic carbocycles. The SMILES string of the molecule is Cc1nc(-c2ccc(Cl)cc2)c(-c2ccc(Cl)cc2)c2nn(Cc3ccc(C(F)(F)F)nc3)c(=O)n12. The number of benzene rings is 2. The minimum absolute atomic E-state index is 0.0680. The molecule has 0 aliphatic carbocycles. The van der Waals surface area contributed by atoms with Crippen molar-refractivity contribution in [3.8, 4) is 22.4 Å². The van der Waals surface area contributed by atoms with E-state index in [1.54, 1.807) is 43.3 Å². The normalized spacial score (nSPS) is 11.8. The molecule has 0 fully saturated rings. The molecule has 0 spiro atoms. The van der Waals surface area contributed by atoms with Crippen LogP contribution in [0.5, 0.6) is 0 Å². The summed E-state index contributed by atoms with van der Waals surface area (Å²) in [6.45, 7) is 1.62. The van der Waals surface area contributed by atoms with Gasteiger partial charge in [-0.1, -0.05) is 53.5 Å². The summed E-state index contributed by atoms with van der Waals surface area (Å²) in [4.78, 5) is 21.5. The molecule has 36 heavy (non-hydrogen) atoms. The van der Waals surface area contributed by atoms with Crippen LogP contribution in [0.4, 0.5) is 13.2 Å². The van der Waals surface area contributed by atoms with E-state index in [4.69, 9.17) is 28.2 Å². The second-order valence-electron chi connectivity index (χ2n) is 8.05. The van der Waals surface area contributed by atoms with Gasteiger partial charge in [-0.25, -0.2) is 18.9 Å². The molecule has 0 aliphatic rings. The lowest BCUT2D eigenvalue weighted by Gasteiger charge is -2.12. The van der Waals surface area contributed by atoms with Crippen molar-refractivity contribution in [1.29, 1.82) is 0 Å². The van der Waals surface area contributed by atoms with Crippen LogP contribution < -0.4 is 5.69 Å². The fourth-order valence-corrected chi connectivity index (χ4v) is 4.15. The molecular weight excluding hydrogens is 514 g/mol. The van der Waals surface area contributed by atoms with Crippen molar-refractivity contribution < 1.29 is 13.2 Å². The minimum Gasteiger partial charge on any atom is -0.251 e. The molecule has 6 nitrogen and oxygen atoms in total. The first kappa shape index (κ1) is 24.0. The van der Waals surface area contributed by atoms with Gasteiger partial charge in [-0.3, -0.25) is 4.98 Å². The molecular formula is C25H16Cl2F3N5O. The van der Waals surface area contributed by atoms with Gasteiger partial charge in [-0.05, 0) is 48.4 Å². The van der Waals surface area contributed by atoms with Crippen LogP contribution in [0.2, 0.25) is 10.0 Å². The smallest absolute Gasteiger partial charge is 0.251 e. The Kier molecular flexibility index (Phi) is 6.05. The molecule has 0 atom stereocenters. The summed E-state index contributed by atoms with van der Waals surface area (Å²) in [5.74, 6) is 0.398. The van der Waals surface area contributed by atoms with E-state index in [2.05, 4.69) is 10.1 Å². The second kappa shape index (κ2) is 9.07. The maximum absolute atomic E-state index is 13.3. The molecule has 0 radical (unpaired) electrons. The average Bonchev–Trinajstić information content (AvgIpc) is 3.16. The zero-order valence-corrected chi connectivity index (χ0v) is 20.1. The van der Waals surface area contributed by atoms with Gasteiger partial charge in [0.15, 0.2) is 5.65 Å². The van der Waals surface area contributed by atoms with E-state index in [9.17, 15) is 18.0 Å². The highest BCUT2D eigenvalue weighted by Gasteiger charge is 2.32. The lowest BCUT2D eigenvalue weighted by atomic mass is 10.00. The van der Waals surface area contributed by atoms with Gasteiger partial charge in [0.25, 0.3) is 0 Å². The largest absolute Gasteiger partial charge is 0.433 e. The molecule has 0 N–H and O–H groups in total. The molecule has 0 bridgehead atoms. The van der Waals surface area contributed by atoms with Crippen LogP contribution in [0.3, 0.4) is 0 Å². The highest BCUT2D eigenvalue weighted by atomic mass is 35.5. The Labute approximate surface area is 212 Å². The maximum atomic E-state index is 13.3. The number of hydrogen-bond donors (Lipinski definition) is 0. The Hall–Kier alpha value is -3.69. The first-order chi connectivity index (χ1) is 17.1. The highest BCUT2D eigenvalue weighted by molar-refractivity contribution is 6.31. The number of nitrogens with zero attached hydrogens (tertiary/aromatic N) is 5. The number of rotatable bonds is 4. The first-order valence-corrected chi connectivity index (χ1v) is 11.4. The van der Waals surface area contributed by atoms with E-state index in [-0.39, 0.29) is 6.54 Å². The van der Waals surface area contributed by atoms with Crippen LogP contribution in [0.25, 0.3) is 28.0 Å². The standard InChI is InChI=1S/C25H16Cl2F3N5O/c1-14-32-22(17-5-9-19(27)10-6-17)21(16-3-7-18(26)8-4-16)23-33-34(24(36)35(14)23)13-15-2-11-20(31-12-15)25(28,29)30/h2-12H,13H2,1H3. The molecule has 5 rings (SSSR count). The van der Waals surface area contributed by atoms with Crippen LogP contribution in [0.1, 0.15) is 17.1 Å². The second-order valence-corrected chi connectivity index (χ2v) is 8.92. The van der Waals surface area contributed by atoms with E-state index < -0.39 is 17.6 Å². The lowest BCUT2D eigenvalue weighted by molar-refractivity contribution is -0.141. The molecule has 0 amide bonds. The molecule has 3 aromatic heterocycles. The van der Waals surface area contributed by atoms with Crippen molar-refractivity contribution >= 4 is 28.8 Å². The number of fused-ring (bicyclic) bond motifs is 1. The number of alkyl halides is 3. The first-order valence-electron chi connectivity index (χ1n) is 10.7. The molecule has 5 aromatic rings. The fourth-order valence-electron chi connectivity index (χ4n) is 3.90. The summed E-state index contributed by atoms with van der Waals surface area (Å²) >= 11 is 12.2. The summed E-state index contributed by atoms with van der Waals surface area (Å²) in [7, 11) is 0. The zero-order valence-electron chi connectivity index (χ0n) is 18.6.